The van der Waals surface area contributed by atoms with E-state index in [1.165, 1.54) is 4.57 Å². The molecule has 8 heteroatoms. The number of aliphatic carboxylic acids is 1. The number of imidazole rings is 1. The monoisotopic (exact) mass is 510 g/mol. The second-order valence-electron chi connectivity index (χ2n) is 9.75. The van der Waals surface area contributed by atoms with Gasteiger partial charge in [0.25, 0.3) is 5.91 Å². The molecule has 38 heavy (non-hydrogen) atoms. The Labute approximate surface area is 219 Å². The van der Waals surface area contributed by atoms with Gasteiger partial charge in [-0.3, -0.25) is 18.7 Å². The van der Waals surface area contributed by atoms with Crippen molar-refractivity contribution in [2.45, 2.75) is 39.3 Å². The van der Waals surface area contributed by atoms with Gasteiger partial charge >= 0.3 is 11.7 Å². The minimum Gasteiger partial charge on any atom is -0.481 e. The fourth-order valence-corrected chi connectivity index (χ4v) is 5.56. The molecule has 0 aliphatic carbocycles. The number of carboxylic acid groups (broad SMARTS) is 1. The van der Waals surface area contributed by atoms with E-state index in [1.54, 1.807) is 29.8 Å². The van der Waals surface area contributed by atoms with Gasteiger partial charge in [-0.1, -0.05) is 36.4 Å². The maximum absolute atomic E-state index is 14.3. The Hall–Kier alpha value is -4.59. The van der Waals surface area contributed by atoms with Gasteiger partial charge in [-0.15, -0.1) is 0 Å². The van der Waals surface area contributed by atoms with E-state index in [0.717, 1.165) is 27.6 Å². The highest BCUT2D eigenvalue weighted by Gasteiger charge is 2.28. The van der Waals surface area contributed by atoms with Crippen molar-refractivity contribution in [3.63, 3.8) is 0 Å². The first-order valence-corrected chi connectivity index (χ1v) is 12.5. The predicted octanol–water partition coefficient (Wildman–Crippen LogP) is 4.93. The number of fused-ring (bicyclic) bond motifs is 2. The number of rotatable bonds is 7. The Morgan fingerprint density at radius 2 is 1.74 bits per heavy atom. The molecule has 3 N–H and O–H groups in total. The minimum atomic E-state index is -1.02. The van der Waals surface area contributed by atoms with Gasteiger partial charge in [0.1, 0.15) is 0 Å². The molecule has 0 spiro atoms. The van der Waals surface area contributed by atoms with E-state index >= 15 is 0 Å². The second kappa shape index (κ2) is 9.70. The first kappa shape index (κ1) is 25.1. The van der Waals surface area contributed by atoms with Crippen LogP contribution in [-0.2, 0) is 4.79 Å². The SMILES string of the molecule is CNC(=O)c1ccc2c(c1)n([C@H](CC(=O)O)c1ccccc1)c(=O)n2C(C)c1c[nH]c2cc(C)cc(C)c12. The summed E-state index contributed by atoms with van der Waals surface area (Å²) in [5.74, 6) is -1.31. The molecule has 5 rings (SSSR count). The maximum atomic E-state index is 14.3. The molecule has 5 aromatic rings. The van der Waals surface area contributed by atoms with Gasteiger partial charge in [0.2, 0.25) is 0 Å². The van der Waals surface area contributed by atoms with Gasteiger partial charge in [0, 0.05) is 35.3 Å². The fourth-order valence-electron chi connectivity index (χ4n) is 5.56. The Balaban J connectivity index is 1.80. The zero-order valence-corrected chi connectivity index (χ0v) is 21.8. The summed E-state index contributed by atoms with van der Waals surface area (Å²) in [7, 11) is 1.55. The van der Waals surface area contributed by atoms with Crippen LogP contribution in [0.1, 0.15) is 58.0 Å². The zero-order valence-electron chi connectivity index (χ0n) is 21.8. The standard InChI is InChI=1S/C30H30N4O4/c1-17-12-18(2)28-22(16-32-23(28)13-17)19(3)33-24-11-10-21(29(37)31-4)14-26(24)34(30(33)38)25(15-27(35)36)20-8-6-5-7-9-20/h5-14,16,19,25,32H,15H2,1-4H3,(H,31,37)(H,35,36)/t19?,25-/m1/s1. The molecular formula is C30H30N4O4. The molecule has 0 aliphatic rings. The van der Waals surface area contributed by atoms with E-state index in [2.05, 4.69) is 29.4 Å². The van der Waals surface area contributed by atoms with Crippen LogP contribution in [0.15, 0.2) is 71.7 Å². The van der Waals surface area contributed by atoms with Crippen molar-refractivity contribution in [2.24, 2.45) is 0 Å². The molecule has 0 aliphatic heterocycles. The van der Waals surface area contributed by atoms with E-state index < -0.39 is 12.0 Å². The van der Waals surface area contributed by atoms with E-state index in [-0.39, 0.29) is 24.1 Å². The van der Waals surface area contributed by atoms with Gasteiger partial charge in [0.05, 0.1) is 29.5 Å². The Bertz CT molecular complexity index is 1740. The molecule has 1 amide bonds. The number of benzene rings is 3. The van der Waals surface area contributed by atoms with Gasteiger partial charge < -0.3 is 15.4 Å². The Morgan fingerprint density at radius 3 is 2.42 bits per heavy atom. The highest BCUT2D eigenvalue weighted by atomic mass is 16.4. The number of aromatic amines is 1. The second-order valence-corrected chi connectivity index (χ2v) is 9.75. The number of carboxylic acids is 1. The van der Waals surface area contributed by atoms with Crippen molar-refractivity contribution in [1.82, 2.24) is 19.4 Å². The molecule has 0 radical (unpaired) electrons. The molecule has 0 bridgehead atoms. The number of carbonyl (C=O) groups excluding carboxylic acids is 1. The number of nitrogens with zero attached hydrogens (tertiary/aromatic N) is 2. The number of aromatic nitrogens is 3. The lowest BCUT2D eigenvalue weighted by atomic mass is 10.0. The van der Waals surface area contributed by atoms with Crippen LogP contribution in [0, 0.1) is 13.8 Å². The van der Waals surface area contributed by atoms with Gasteiger partial charge in [-0.2, -0.15) is 0 Å². The van der Waals surface area contributed by atoms with E-state index in [4.69, 9.17) is 0 Å². The van der Waals surface area contributed by atoms with Crippen molar-refractivity contribution in [3.05, 3.63) is 105 Å². The molecular weight excluding hydrogens is 480 g/mol. The number of aryl methyl sites for hydroxylation is 2. The summed E-state index contributed by atoms with van der Waals surface area (Å²) < 4.78 is 3.22. The third kappa shape index (κ3) is 4.18. The largest absolute Gasteiger partial charge is 0.481 e. The summed E-state index contributed by atoms with van der Waals surface area (Å²) in [6.45, 7) is 6.07. The molecule has 2 heterocycles. The quantitative estimate of drug-likeness (QED) is 0.288. The number of hydrogen-bond donors (Lipinski definition) is 3. The molecule has 0 fully saturated rings. The number of hydrogen-bond acceptors (Lipinski definition) is 3. The van der Waals surface area contributed by atoms with Crippen molar-refractivity contribution >= 4 is 33.8 Å². The summed E-state index contributed by atoms with van der Waals surface area (Å²) in [6, 6.07) is 17.3. The number of carbonyl (C=O) groups is 2. The molecule has 1 unspecified atom stereocenters. The van der Waals surface area contributed by atoms with Crippen LogP contribution in [0.3, 0.4) is 0 Å². The summed E-state index contributed by atoms with van der Waals surface area (Å²) >= 11 is 0. The van der Waals surface area contributed by atoms with Crippen LogP contribution in [0.4, 0.5) is 0 Å². The molecule has 3 aromatic carbocycles. The van der Waals surface area contributed by atoms with E-state index in [0.29, 0.717) is 22.2 Å². The molecule has 194 valence electrons. The van der Waals surface area contributed by atoms with Crippen LogP contribution in [0.2, 0.25) is 0 Å². The summed E-state index contributed by atoms with van der Waals surface area (Å²) in [4.78, 5) is 42.1. The van der Waals surface area contributed by atoms with Crippen molar-refractivity contribution in [1.29, 1.82) is 0 Å². The van der Waals surface area contributed by atoms with E-state index in [9.17, 15) is 19.5 Å². The smallest absolute Gasteiger partial charge is 0.330 e. The summed E-state index contributed by atoms with van der Waals surface area (Å²) in [6.07, 6.45) is 1.65. The topological polar surface area (TPSA) is 109 Å². The van der Waals surface area contributed by atoms with Crippen LogP contribution in [0.25, 0.3) is 21.9 Å². The third-order valence-corrected chi connectivity index (χ3v) is 7.25. The lowest BCUT2D eigenvalue weighted by Crippen LogP contribution is -2.31. The maximum Gasteiger partial charge on any atom is 0.330 e. The molecule has 2 aromatic heterocycles. The highest BCUT2D eigenvalue weighted by Crippen LogP contribution is 2.33. The van der Waals surface area contributed by atoms with Crippen LogP contribution in [-0.4, -0.2) is 38.1 Å². The lowest BCUT2D eigenvalue weighted by Gasteiger charge is -2.18. The normalized spacial score (nSPS) is 13.1. The minimum absolute atomic E-state index is 0.285. The Morgan fingerprint density at radius 1 is 1.00 bits per heavy atom. The molecule has 8 nitrogen and oxygen atoms in total. The summed E-state index contributed by atoms with van der Waals surface area (Å²) in [5, 5.41) is 13.5. The molecule has 0 saturated carbocycles. The highest BCUT2D eigenvalue weighted by molar-refractivity contribution is 5.97. The first-order chi connectivity index (χ1) is 18.2. The average molecular weight is 511 g/mol. The predicted molar refractivity (Wildman–Crippen MR) is 148 cm³/mol. The fraction of sp³-hybridized carbons (Fsp3) is 0.233. The first-order valence-electron chi connectivity index (χ1n) is 12.5. The Kier molecular flexibility index (Phi) is 6.40. The zero-order chi connectivity index (χ0) is 27.1. The number of amides is 1. The molecule has 2 atom stereocenters. The van der Waals surface area contributed by atoms with E-state index in [1.807, 2.05) is 50.4 Å². The number of nitrogens with one attached hydrogen (secondary N) is 2. The van der Waals surface area contributed by atoms with Crippen molar-refractivity contribution < 1.29 is 14.7 Å². The van der Waals surface area contributed by atoms with Gasteiger partial charge in [-0.05, 0) is 61.7 Å². The van der Waals surface area contributed by atoms with Crippen molar-refractivity contribution in [3.8, 4) is 0 Å². The number of H-pyrrole nitrogens is 1. The summed E-state index contributed by atoms with van der Waals surface area (Å²) in [5.41, 5.74) is 6.09. The van der Waals surface area contributed by atoms with Gasteiger partial charge in [0.15, 0.2) is 0 Å². The third-order valence-electron chi connectivity index (χ3n) is 7.25. The van der Waals surface area contributed by atoms with Gasteiger partial charge in [-0.25, -0.2) is 4.79 Å². The van der Waals surface area contributed by atoms with Crippen LogP contribution >= 0.6 is 0 Å². The lowest BCUT2D eigenvalue weighted by molar-refractivity contribution is -0.137. The van der Waals surface area contributed by atoms with Crippen LogP contribution < -0.4 is 11.0 Å². The average Bonchev–Trinajstić information content (AvgIpc) is 3.45. The van der Waals surface area contributed by atoms with Crippen LogP contribution in [0.5, 0.6) is 0 Å². The molecule has 0 saturated heterocycles. The van der Waals surface area contributed by atoms with Crippen molar-refractivity contribution in [2.75, 3.05) is 7.05 Å².